The molecule has 0 heterocycles. The molecule has 1 amide bonds. The van der Waals surface area contributed by atoms with Crippen LogP contribution < -0.4 is 4.90 Å². The number of ether oxygens (including phenoxy) is 1. The van der Waals surface area contributed by atoms with Gasteiger partial charge in [0.05, 0.1) is 18.7 Å². The molecule has 0 spiro atoms. The van der Waals surface area contributed by atoms with Crippen molar-refractivity contribution in [3.63, 3.8) is 0 Å². The summed E-state index contributed by atoms with van der Waals surface area (Å²) in [5.74, 6) is -1.09. The van der Waals surface area contributed by atoms with Crippen molar-refractivity contribution < 1.29 is 24.5 Å². The summed E-state index contributed by atoms with van der Waals surface area (Å²) in [6.07, 6.45) is 0.749. The van der Waals surface area contributed by atoms with Gasteiger partial charge in [-0.1, -0.05) is 18.7 Å². The van der Waals surface area contributed by atoms with Crippen LogP contribution in [0.5, 0.6) is 0 Å². The number of hydrogen-bond acceptors (Lipinski definition) is 4. The van der Waals surface area contributed by atoms with Crippen LogP contribution in [0.4, 0.5) is 10.5 Å². The number of carbonyl (C=O) groups excluding carboxylic acids is 1. The summed E-state index contributed by atoms with van der Waals surface area (Å²) in [5.41, 5.74) is 0.403. The van der Waals surface area contributed by atoms with Crippen LogP contribution in [-0.2, 0) is 4.74 Å². The molecule has 1 aromatic rings. The highest BCUT2D eigenvalue weighted by molar-refractivity contribution is 5.92. The molecule has 0 saturated heterocycles. The number of carbonyl (C=O) groups is 2. The van der Waals surface area contributed by atoms with Crippen molar-refractivity contribution >= 4 is 17.7 Å². The third-order valence-electron chi connectivity index (χ3n) is 2.27. The molecule has 0 atom stereocenters. The highest BCUT2D eigenvalue weighted by atomic mass is 16.6. The van der Waals surface area contributed by atoms with Crippen molar-refractivity contribution in [1.82, 2.24) is 0 Å². The van der Waals surface area contributed by atoms with E-state index in [9.17, 15) is 9.59 Å². The van der Waals surface area contributed by atoms with E-state index >= 15 is 0 Å². The molecule has 0 bridgehead atoms. The Morgan fingerprint density at radius 2 is 2.16 bits per heavy atom. The van der Waals surface area contributed by atoms with Crippen LogP contribution in [0.25, 0.3) is 0 Å². The Hall–Kier alpha value is -2.34. The minimum absolute atomic E-state index is 0.0129. The van der Waals surface area contributed by atoms with Gasteiger partial charge in [0.1, 0.15) is 6.61 Å². The molecule has 0 aliphatic carbocycles. The van der Waals surface area contributed by atoms with E-state index in [1.165, 1.54) is 24.3 Å². The SMILES string of the molecule is C=CCOC(=O)N(CCO)c1cccc(C(=O)O)c1. The number of carboxylic acid groups (broad SMARTS) is 1. The number of rotatable bonds is 6. The Labute approximate surface area is 110 Å². The van der Waals surface area contributed by atoms with Gasteiger partial charge in [0.2, 0.25) is 0 Å². The van der Waals surface area contributed by atoms with E-state index in [-0.39, 0.29) is 25.3 Å². The minimum Gasteiger partial charge on any atom is -0.478 e. The van der Waals surface area contributed by atoms with Gasteiger partial charge < -0.3 is 14.9 Å². The lowest BCUT2D eigenvalue weighted by Crippen LogP contribution is -2.34. The fraction of sp³-hybridized carbons (Fsp3) is 0.231. The molecular weight excluding hydrogens is 250 g/mol. The number of benzene rings is 1. The molecule has 1 aromatic carbocycles. The van der Waals surface area contributed by atoms with Gasteiger partial charge in [-0.15, -0.1) is 0 Å². The van der Waals surface area contributed by atoms with Gasteiger partial charge in [0.15, 0.2) is 0 Å². The molecule has 19 heavy (non-hydrogen) atoms. The third kappa shape index (κ3) is 4.11. The number of carboxylic acids is 1. The van der Waals surface area contributed by atoms with Crippen molar-refractivity contribution in [1.29, 1.82) is 0 Å². The van der Waals surface area contributed by atoms with Crippen molar-refractivity contribution in [3.8, 4) is 0 Å². The predicted molar refractivity (Wildman–Crippen MR) is 69.4 cm³/mol. The van der Waals surface area contributed by atoms with Crippen molar-refractivity contribution in [2.45, 2.75) is 0 Å². The first-order chi connectivity index (χ1) is 9.10. The zero-order valence-electron chi connectivity index (χ0n) is 10.3. The number of aromatic carboxylic acids is 1. The van der Waals surface area contributed by atoms with E-state index in [0.717, 1.165) is 4.90 Å². The maximum absolute atomic E-state index is 11.8. The Kier molecular flexibility index (Phi) is 5.56. The average molecular weight is 265 g/mol. The molecule has 0 aromatic heterocycles. The molecular formula is C13H15NO5. The van der Waals surface area contributed by atoms with Crippen molar-refractivity contribution in [3.05, 3.63) is 42.5 Å². The molecule has 0 fully saturated rings. The predicted octanol–water partition coefficient (Wildman–Crippen LogP) is 1.51. The normalized spacial score (nSPS) is 9.74. The van der Waals surface area contributed by atoms with Crippen LogP contribution in [0, 0.1) is 0 Å². The average Bonchev–Trinajstić information content (AvgIpc) is 2.42. The summed E-state index contributed by atoms with van der Waals surface area (Å²) in [7, 11) is 0. The smallest absolute Gasteiger partial charge is 0.414 e. The number of hydrogen-bond donors (Lipinski definition) is 2. The minimum atomic E-state index is -1.09. The molecule has 6 nitrogen and oxygen atoms in total. The number of aliphatic hydroxyl groups is 1. The van der Waals surface area contributed by atoms with Gasteiger partial charge in [-0.2, -0.15) is 0 Å². The third-order valence-corrected chi connectivity index (χ3v) is 2.27. The second-order valence-corrected chi connectivity index (χ2v) is 3.60. The van der Waals surface area contributed by atoms with Gasteiger partial charge in [0, 0.05) is 5.69 Å². The molecule has 102 valence electrons. The first kappa shape index (κ1) is 14.7. The zero-order chi connectivity index (χ0) is 14.3. The van der Waals surface area contributed by atoms with Crippen LogP contribution in [0.15, 0.2) is 36.9 Å². The maximum atomic E-state index is 11.8. The lowest BCUT2D eigenvalue weighted by Gasteiger charge is -2.21. The van der Waals surface area contributed by atoms with Crippen LogP contribution in [0.3, 0.4) is 0 Å². The molecule has 0 aliphatic rings. The van der Waals surface area contributed by atoms with Gasteiger partial charge in [-0.25, -0.2) is 9.59 Å². The van der Waals surface area contributed by atoms with Crippen LogP contribution in [-0.4, -0.2) is 42.0 Å². The lowest BCUT2D eigenvalue weighted by molar-refractivity contribution is 0.0696. The van der Waals surface area contributed by atoms with Gasteiger partial charge in [-0.3, -0.25) is 4.90 Å². The molecule has 2 N–H and O–H groups in total. The first-order valence-electron chi connectivity index (χ1n) is 5.59. The van der Waals surface area contributed by atoms with Gasteiger partial charge in [0.25, 0.3) is 0 Å². The van der Waals surface area contributed by atoms with Crippen LogP contribution in [0.1, 0.15) is 10.4 Å². The van der Waals surface area contributed by atoms with Crippen molar-refractivity contribution in [2.75, 3.05) is 24.7 Å². The van der Waals surface area contributed by atoms with E-state index in [0.29, 0.717) is 5.69 Å². The van der Waals surface area contributed by atoms with E-state index in [4.69, 9.17) is 14.9 Å². The Morgan fingerprint density at radius 3 is 2.74 bits per heavy atom. The second-order valence-electron chi connectivity index (χ2n) is 3.60. The fourth-order valence-electron chi connectivity index (χ4n) is 1.44. The summed E-state index contributed by atoms with van der Waals surface area (Å²) in [6, 6.07) is 5.84. The summed E-state index contributed by atoms with van der Waals surface area (Å²) in [5, 5.41) is 17.9. The van der Waals surface area contributed by atoms with Gasteiger partial charge in [-0.05, 0) is 18.2 Å². The maximum Gasteiger partial charge on any atom is 0.414 e. The Bertz CT molecular complexity index is 472. The summed E-state index contributed by atoms with van der Waals surface area (Å²) < 4.78 is 4.87. The highest BCUT2D eigenvalue weighted by Crippen LogP contribution is 2.17. The fourth-order valence-corrected chi connectivity index (χ4v) is 1.44. The number of nitrogens with zero attached hydrogens (tertiary/aromatic N) is 1. The molecule has 1 rings (SSSR count). The molecule has 0 radical (unpaired) electrons. The highest BCUT2D eigenvalue weighted by Gasteiger charge is 2.17. The summed E-state index contributed by atoms with van der Waals surface area (Å²) in [4.78, 5) is 23.8. The molecule has 6 heteroatoms. The van der Waals surface area contributed by atoms with E-state index in [2.05, 4.69) is 6.58 Å². The number of amides is 1. The lowest BCUT2D eigenvalue weighted by atomic mass is 10.2. The number of anilines is 1. The van der Waals surface area contributed by atoms with E-state index < -0.39 is 12.1 Å². The Balaban J connectivity index is 2.97. The summed E-state index contributed by atoms with van der Waals surface area (Å²) in [6.45, 7) is 3.22. The summed E-state index contributed by atoms with van der Waals surface area (Å²) >= 11 is 0. The molecule has 0 aliphatic heterocycles. The van der Waals surface area contributed by atoms with E-state index in [1.54, 1.807) is 6.07 Å². The van der Waals surface area contributed by atoms with Crippen LogP contribution >= 0.6 is 0 Å². The van der Waals surface area contributed by atoms with Gasteiger partial charge >= 0.3 is 12.1 Å². The first-order valence-corrected chi connectivity index (χ1v) is 5.59. The quantitative estimate of drug-likeness (QED) is 0.761. The Morgan fingerprint density at radius 1 is 1.42 bits per heavy atom. The molecule has 0 unspecified atom stereocenters. The number of aliphatic hydroxyl groups excluding tert-OH is 1. The topological polar surface area (TPSA) is 87.1 Å². The molecule has 0 saturated carbocycles. The monoisotopic (exact) mass is 265 g/mol. The van der Waals surface area contributed by atoms with E-state index in [1.807, 2.05) is 0 Å². The largest absolute Gasteiger partial charge is 0.478 e. The zero-order valence-corrected chi connectivity index (χ0v) is 10.3. The second kappa shape index (κ2) is 7.17. The van der Waals surface area contributed by atoms with Crippen LogP contribution in [0.2, 0.25) is 0 Å². The van der Waals surface area contributed by atoms with Crippen molar-refractivity contribution in [2.24, 2.45) is 0 Å². The standard InChI is InChI=1S/C13H15NO5/c1-2-8-19-13(18)14(6-7-15)11-5-3-4-10(9-11)12(16)17/h2-5,9,15H,1,6-8H2,(H,16,17).